The maximum Gasteiger partial charge on any atom is 0.246 e. The summed E-state index contributed by atoms with van der Waals surface area (Å²) < 4.78 is 27.5. The first kappa shape index (κ1) is 15.9. The quantitative estimate of drug-likeness (QED) is 0.677. The molecule has 0 saturated heterocycles. The molecule has 0 aliphatic rings. The Morgan fingerprint density at radius 1 is 1.33 bits per heavy atom. The van der Waals surface area contributed by atoms with Crippen LogP contribution in [0.25, 0.3) is 11.0 Å². The van der Waals surface area contributed by atoms with E-state index in [2.05, 4.69) is 25.3 Å². The largest absolute Gasteiger partial charge is 0.334 e. The third kappa shape index (κ3) is 3.68. The van der Waals surface area contributed by atoms with Crippen molar-refractivity contribution in [2.24, 2.45) is 7.05 Å². The number of sulfonamides is 1. The third-order valence-electron chi connectivity index (χ3n) is 3.14. The second-order valence-electron chi connectivity index (χ2n) is 5.28. The topological polar surface area (TPSA) is 124 Å². The first-order valence-corrected chi connectivity index (χ1v) is 8.78. The average Bonchev–Trinajstić information content (AvgIpc) is 3.04. The molecule has 0 fully saturated rings. The molecular weight excluding hydrogens is 334 g/mol. The summed E-state index contributed by atoms with van der Waals surface area (Å²) in [6, 6.07) is 5.41. The minimum absolute atomic E-state index is 0.0557. The average molecular weight is 349 g/mol. The van der Waals surface area contributed by atoms with Gasteiger partial charge >= 0.3 is 0 Å². The van der Waals surface area contributed by atoms with Crippen LogP contribution in [-0.2, 0) is 28.4 Å². The summed E-state index contributed by atoms with van der Waals surface area (Å²) in [5.41, 5.74) is 2.34. The summed E-state index contributed by atoms with van der Waals surface area (Å²) in [5, 5.41) is 10.1. The summed E-state index contributed by atoms with van der Waals surface area (Å²) in [5.74, 6) is -0.263. The van der Waals surface area contributed by atoms with E-state index in [1.165, 1.54) is 10.9 Å². The van der Waals surface area contributed by atoms with E-state index in [4.69, 9.17) is 0 Å². The predicted octanol–water partition coefficient (Wildman–Crippen LogP) is 0.175. The third-order valence-corrected chi connectivity index (χ3v) is 3.72. The van der Waals surface area contributed by atoms with Crippen LogP contribution in [0.3, 0.4) is 0 Å². The highest BCUT2D eigenvalue weighted by Crippen LogP contribution is 2.17. The van der Waals surface area contributed by atoms with Gasteiger partial charge in [-0.15, -0.1) is 5.10 Å². The van der Waals surface area contributed by atoms with Crippen molar-refractivity contribution in [3.05, 3.63) is 30.7 Å². The predicted molar refractivity (Wildman–Crippen MR) is 87.8 cm³/mol. The number of fused-ring (bicyclic) bond motifs is 1. The number of benzene rings is 1. The fourth-order valence-corrected chi connectivity index (χ4v) is 2.65. The Morgan fingerprint density at radius 3 is 2.88 bits per heavy atom. The molecule has 3 rings (SSSR count). The fourth-order valence-electron chi connectivity index (χ4n) is 2.17. The number of aryl methyl sites for hydroxylation is 1. The van der Waals surface area contributed by atoms with E-state index >= 15 is 0 Å². The molecule has 2 heterocycles. The minimum Gasteiger partial charge on any atom is -0.334 e. The molecule has 2 N–H and O–H groups in total. The lowest BCUT2D eigenvalue weighted by atomic mass is 10.2. The van der Waals surface area contributed by atoms with Gasteiger partial charge < -0.3 is 9.88 Å². The molecule has 0 bridgehead atoms. The summed E-state index contributed by atoms with van der Waals surface area (Å²) in [6.45, 7) is -0.0985. The highest BCUT2D eigenvalue weighted by molar-refractivity contribution is 7.92. The molecule has 0 aliphatic carbocycles. The van der Waals surface area contributed by atoms with Crippen molar-refractivity contribution < 1.29 is 13.2 Å². The number of hydrogen-bond acceptors (Lipinski definition) is 6. The number of rotatable bonds is 5. The molecule has 11 heteroatoms. The molecule has 3 aromatic rings. The maximum absolute atomic E-state index is 12.1. The lowest BCUT2D eigenvalue weighted by molar-refractivity contribution is -0.116. The highest BCUT2D eigenvalue weighted by atomic mass is 32.2. The Morgan fingerprint density at radius 2 is 2.12 bits per heavy atom. The van der Waals surface area contributed by atoms with Gasteiger partial charge in [0.25, 0.3) is 0 Å². The molecule has 0 unspecified atom stereocenters. The SMILES string of the molecule is Cn1cnc2cc(NC(=O)Cn3cc(NS(C)(=O)=O)nn3)ccc21. The van der Waals surface area contributed by atoms with Gasteiger partial charge in [0.05, 0.1) is 29.8 Å². The van der Waals surface area contributed by atoms with Crippen LogP contribution in [0, 0.1) is 0 Å². The molecule has 0 saturated carbocycles. The number of aromatic nitrogens is 5. The zero-order chi connectivity index (χ0) is 17.3. The van der Waals surface area contributed by atoms with Gasteiger partial charge in [-0.2, -0.15) is 0 Å². The Bertz CT molecular complexity index is 1010. The Labute approximate surface area is 137 Å². The van der Waals surface area contributed by atoms with Gasteiger partial charge in [0.2, 0.25) is 15.9 Å². The zero-order valence-electron chi connectivity index (χ0n) is 13.0. The lowest BCUT2D eigenvalue weighted by Crippen LogP contribution is -2.19. The first-order valence-electron chi connectivity index (χ1n) is 6.89. The number of imidazole rings is 1. The van der Waals surface area contributed by atoms with Crippen LogP contribution in [0.4, 0.5) is 11.5 Å². The molecule has 0 spiro atoms. The molecule has 0 aliphatic heterocycles. The number of nitrogens with zero attached hydrogens (tertiary/aromatic N) is 5. The number of amides is 1. The summed E-state index contributed by atoms with van der Waals surface area (Å²) in [6.07, 6.45) is 4.04. The maximum atomic E-state index is 12.1. The monoisotopic (exact) mass is 349 g/mol. The van der Waals surface area contributed by atoms with Crippen molar-refractivity contribution in [3.8, 4) is 0 Å². The molecule has 24 heavy (non-hydrogen) atoms. The van der Waals surface area contributed by atoms with Crippen LogP contribution >= 0.6 is 0 Å². The second kappa shape index (κ2) is 5.92. The molecular formula is C13H15N7O3S. The van der Waals surface area contributed by atoms with E-state index in [0.717, 1.165) is 17.3 Å². The van der Waals surface area contributed by atoms with Gasteiger partial charge in [0.1, 0.15) is 6.54 Å². The Hall–Kier alpha value is -2.95. The number of hydrogen-bond donors (Lipinski definition) is 2. The van der Waals surface area contributed by atoms with E-state index in [-0.39, 0.29) is 18.3 Å². The van der Waals surface area contributed by atoms with Crippen molar-refractivity contribution in [1.82, 2.24) is 24.5 Å². The molecule has 10 nitrogen and oxygen atoms in total. The van der Waals surface area contributed by atoms with Crippen LogP contribution in [0.1, 0.15) is 0 Å². The van der Waals surface area contributed by atoms with Crippen molar-refractivity contribution in [1.29, 1.82) is 0 Å². The summed E-state index contributed by atoms with van der Waals surface area (Å²) in [7, 11) is -1.55. The van der Waals surface area contributed by atoms with E-state index in [1.807, 2.05) is 17.7 Å². The van der Waals surface area contributed by atoms with Crippen molar-refractivity contribution in [3.63, 3.8) is 0 Å². The van der Waals surface area contributed by atoms with Gasteiger partial charge in [0, 0.05) is 12.7 Å². The number of nitrogens with one attached hydrogen (secondary N) is 2. The number of carbonyl (C=O) groups is 1. The standard InChI is InChI=1S/C13H15N7O3S/c1-19-8-14-10-5-9(3-4-11(10)19)15-13(21)7-20-6-12(16-18-20)17-24(2,22)23/h3-6,8,17H,7H2,1-2H3,(H,15,21). The van der Waals surface area contributed by atoms with Crippen molar-refractivity contribution >= 4 is 38.5 Å². The fraction of sp³-hybridized carbons (Fsp3) is 0.231. The molecule has 2 aromatic heterocycles. The van der Waals surface area contributed by atoms with E-state index < -0.39 is 10.0 Å². The van der Waals surface area contributed by atoms with Gasteiger partial charge in [-0.25, -0.2) is 18.1 Å². The van der Waals surface area contributed by atoms with Gasteiger partial charge in [0.15, 0.2) is 5.82 Å². The summed E-state index contributed by atoms with van der Waals surface area (Å²) >= 11 is 0. The van der Waals surface area contributed by atoms with E-state index in [1.54, 1.807) is 18.5 Å². The van der Waals surface area contributed by atoms with E-state index in [0.29, 0.717) is 5.69 Å². The van der Waals surface area contributed by atoms with Crippen molar-refractivity contribution in [2.45, 2.75) is 6.54 Å². The Balaban J connectivity index is 1.66. The van der Waals surface area contributed by atoms with Gasteiger partial charge in [-0.1, -0.05) is 5.21 Å². The van der Waals surface area contributed by atoms with Crippen LogP contribution < -0.4 is 10.0 Å². The Kier molecular flexibility index (Phi) is 3.93. The van der Waals surface area contributed by atoms with E-state index in [9.17, 15) is 13.2 Å². The number of anilines is 2. The van der Waals surface area contributed by atoms with Crippen LogP contribution in [0.15, 0.2) is 30.7 Å². The van der Waals surface area contributed by atoms with Gasteiger partial charge in [-0.05, 0) is 18.2 Å². The van der Waals surface area contributed by atoms with Gasteiger partial charge in [-0.3, -0.25) is 9.52 Å². The molecule has 126 valence electrons. The molecule has 0 radical (unpaired) electrons. The minimum atomic E-state index is -3.43. The molecule has 0 atom stereocenters. The zero-order valence-corrected chi connectivity index (χ0v) is 13.8. The molecule has 1 aromatic carbocycles. The lowest BCUT2D eigenvalue weighted by Gasteiger charge is -2.05. The highest BCUT2D eigenvalue weighted by Gasteiger charge is 2.10. The second-order valence-corrected chi connectivity index (χ2v) is 7.03. The normalized spacial score (nSPS) is 11.6. The smallest absolute Gasteiger partial charge is 0.246 e. The van der Waals surface area contributed by atoms with Crippen LogP contribution in [-0.4, -0.2) is 45.1 Å². The first-order chi connectivity index (χ1) is 11.3. The van der Waals surface area contributed by atoms with Crippen LogP contribution in [0.5, 0.6) is 0 Å². The molecule has 1 amide bonds. The summed E-state index contributed by atoms with van der Waals surface area (Å²) in [4.78, 5) is 16.3. The van der Waals surface area contributed by atoms with Crippen molar-refractivity contribution in [2.75, 3.05) is 16.3 Å². The van der Waals surface area contributed by atoms with Crippen LogP contribution in [0.2, 0.25) is 0 Å². The number of carbonyl (C=O) groups excluding carboxylic acids is 1.